The van der Waals surface area contributed by atoms with Crippen LogP contribution in [-0.4, -0.2) is 5.91 Å². The second-order valence-corrected chi connectivity index (χ2v) is 3.80. The molecule has 1 amide bonds. The van der Waals surface area contributed by atoms with Crippen molar-refractivity contribution in [1.82, 2.24) is 0 Å². The Morgan fingerprint density at radius 3 is 2.56 bits per heavy atom. The molecule has 0 bridgehead atoms. The lowest BCUT2D eigenvalue weighted by Gasteiger charge is -2.04. The summed E-state index contributed by atoms with van der Waals surface area (Å²) in [6.45, 7) is 3.72. The molecule has 82 valence electrons. The first-order valence-corrected chi connectivity index (χ1v) is 4.84. The fourth-order valence-corrected chi connectivity index (χ4v) is 1.73. The van der Waals surface area contributed by atoms with Crippen molar-refractivity contribution in [3.05, 3.63) is 45.3 Å². The van der Waals surface area contributed by atoms with Gasteiger partial charge in [0.05, 0.1) is 5.39 Å². The van der Waals surface area contributed by atoms with Crippen LogP contribution in [0.1, 0.15) is 21.7 Å². The van der Waals surface area contributed by atoms with Crippen molar-refractivity contribution in [1.29, 1.82) is 0 Å². The highest BCUT2D eigenvalue weighted by atomic mass is 16.3. The lowest BCUT2D eigenvalue weighted by atomic mass is 10.1. The number of amides is 1. The number of carbonyl (C=O) groups excluding carboxylic acids is 1. The Kier molecular flexibility index (Phi) is 2.27. The molecule has 0 radical (unpaired) electrons. The van der Waals surface area contributed by atoms with Crippen LogP contribution in [-0.2, 0) is 0 Å². The number of hydrogen-bond donors (Lipinski definition) is 1. The first kappa shape index (κ1) is 10.4. The minimum absolute atomic E-state index is 0.107. The van der Waals surface area contributed by atoms with Gasteiger partial charge in [-0.2, -0.15) is 0 Å². The highest BCUT2D eigenvalue weighted by molar-refractivity contribution is 5.92. The zero-order valence-electron chi connectivity index (χ0n) is 9.03. The first-order chi connectivity index (χ1) is 7.49. The zero-order chi connectivity index (χ0) is 11.9. The lowest BCUT2D eigenvalue weighted by molar-refractivity contribution is 0.0974. The fourth-order valence-electron chi connectivity index (χ4n) is 1.73. The summed E-state index contributed by atoms with van der Waals surface area (Å²) in [7, 11) is 0. The van der Waals surface area contributed by atoms with Crippen molar-refractivity contribution >= 4 is 16.9 Å². The van der Waals surface area contributed by atoms with Crippen LogP contribution in [0.15, 0.2) is 27.4 Å². The third-order valence-electron chi connectivity index (χ3n) is 2.40. The van der Waals surface area contributed by atoms with Crippen molar-refractivity contribution < 1.29 is 9.21 Å². The van der Waals surface area contributed by atoms with Crippen molar-refractivity contribution in [2.75, 3.05) is 0 Å². The topological polar surface area (TPSA) is 73.3 Å². The van der Waals surface area contributed by atoms with Gasteiger partial charge < -0.3 is 10.2 Å². The third-order valence-corrected chi connectivity index (χ3v) is 2.40. The summed E-state index contributed by atoms with van der Waals surface area (Å²) < 4.78 is 5.32. The van der Waals surface area contributed by atoms with Crippen LogP contribution in [0.2, 0.25) is 0 Å². The van der Waals surface area contributed by atoms with E-state index in [0.717, 1.165) is 17.2 Å². The van der Waals surface area contributed by atoms with E-state index >= 15 is 0 Å². The predicted molar refractivity (Wildman–Crippen MR) is 60.5 cm³/mol. The number of primary amides is 1. The Morgan fingerprint density at radius 2 is 1.94 bits per heavy atom. The van der Waals surface area contributed by atoms with Crippen molar-refractivity contribution in [3.8, 4) is 0 Å². The molecule has 2 aromatic rings. The van der Waals surface area contributed by atoms with E-state index in [4.69, 9.17) is 10.2 Å². The van der Waals surface area contributed by atoms with Crippen molar-refractivity contribution in [2.24, 2.45) is 5.73 Å². The second kappa shape index (κ2) is 3.48. The Balaban J connectivity index is 2.93. The molecule has 2 rings (SSSR count). The van der Waals surface area contributed by atoms with E-state index in [1.807, 2.05) is 19.9 Å². The normalized spacial score (nSPS) is 10.6. The molecule has 0 saturated carbocycles. The standard InChI is InChI=1S/C12H11NO3/c1-6-3-7(2)11-8(4-6)9(14)5-10(16-11)12(13)15/h3-5H,1-2H3,(H2,13,15). The molecule has 0 aliphatic heterocycles. The molecule has 4 heteroatoms. The summed E-state index contributed by atoms with van der Waals surface area (Å²) in [5, 5.41) is 0.475. The Labute approximate surface area is 91.7 Å². The van der Waals surface area contributed by atoms with Gasteiger partial charge in [0.2, 0.25) is 0 Å². The minimum Gasteiger partial charge on any atom is -0.450 e. The van der Waals surface area contributed by atoms with Crippen molar-refractivity contribution in [2.45, 2.75) is 13.8 Å². The average Bonchev–Trinajstić information content (AvgIpc) is 2.19. The monoisotopic (exact) mass is 217 g/mol. The minimum atomic E-state index is -0.737. The summed E-state index contributed by atoms with van der Waals surface area (Å²) in [5.41, 5.74) is 7.05. The van der Waals surface area contributed by atoms with E-state index in [1.54, 1.807) is 6.07 Å². The van der Waals surface area contributed by atoms with E-state index in [0.29, 0.717) is 11.0 Å². The fraction of sp³-hybridized carbons (Fsp3) is 0.167. The molecule has 0 unspecified atom stereocenters. The van der Waals surface area contributed by atoms with Crippen molar-refractivity contribution in [3.63, 3.8) is 0 Å². The molecule has 0 fully saturated rings. The van der Waals surface area contributed by atoms with Gasteiger partial charge in [-0.1, -0.05) is 6.07 Å². The predicted octanol–water partition coefficient (Wildman–Crippen LogP) is 1.51. The van der Waals surface area contributed by atoms with Crippen LogP contribution < -0.4 is 11.2 Å². The number of nitrogens with two attached hydrogens (primary N) is 1. The van der Waals surface area contributed by atoms with Gasteiger partial charge >= 0.3 is 0 Å². The SMILES string of the molecule is Cc1cc(C)c2oc(C(N)=O)cc(=O)c2c1. The smallest absolute Gasteiger partial charge is 0.284 e. The number of carbonyl (C=O) groups is 1. The second-order valence-electron chi connectivity index (χ2n) is 3.80. The summed E-state index contributed by atoms with van der Waals surface area (Å²) in [6, 6.07) is 4.75. The van der Waals surface area contributed by atoms with Gasteiger partial charge in [0, 0.05) is 6.07 Å². The largest absolute Gasteiger partial charge is 0.450 e. The number of rotatable bonds is 1. The molecule has 1 heterocycles. The molecule has 0 aliphatic carbocycles. The maximum atomic E-state index is 11.7. The summed E-state index contributed by atoms with van der Waals surface area (Å²) in [5.74, 6) is -0.844. The van der Waals surface area contributed by atoms with Gasteiger partial charge in [0.15, 0.2) is 11.2 Å². The van der Waals surface area contributed by atoms with E-state index in [1.165, 1.54) is 0 Å². The molecule has 2 N–H and O–H groups in total. The van der Waals surface area contributed by atoms with Crippen LogP contribution in [0.4, 0.5) is 0 Å². The van der Waals surface area contributed by atoms with E-state index < -0.39 is 5.91 Å². The van der Waals surface area contributed by atoms with Crippen LogP contribution in [0, 0.1) is 13.8 Å². The van der Waals surface area contributed by atoms with Gasteiger partial charge in [-0.3, -0.25) is 9.59 Å². The molecule has 0 saturated heterocycles. The molecule has 0 atom stereocenters. The summed E-state index contributed by atoms with van der Waals surface area (Å²) in [6.07, 6.45) is 0. The molecular formula is C12H11NO3. The van der Waals surface area contributed by atoms with Crippen LogP contribution in [0.25, 0.3) is 11.0 Å². The van der Waals surface area contributed by atoms with Crippen LogP contribution in [0.3, 0.4) is 0 Å². The van der Waals surface area contributed by atoms with Gasteiger partial charge in [0.1, 0.15) is 5.58 Å². The number of benzene rings is 1. The molecule has 0 spiro atoms. The van der Waals surface area contributed by atoms with Crippen LogP contribution >= 0.6 is 0 Å². The molecule has 1 aromatic carbocycles. The Bertz CT molecular complexity index is 640. The molecule has 16 heavy (non-hydrogen) atoms. The number of fused-ring (bicyclic) bond motifs is 1. The number of hydrogen-bond acceptors (Lipinski definition) is 3. The highest BCUT2D eigenvalue weighted by Gasteiger charge is 2.10. The summed E-state index contributed by atoms with van der Waals surface area (Å²) in [4.78, 5) is 22.7. The highest BCUT2D eigenvalue weighted by Crippen LogP contribution is 2.18. The van der Waals surface area contributed by atoms with Gasteiger partial charge in [-0.15, -0.1) is 0 Å². The quantitative estimate of drug-likeness (QED) is 0.786. The molecule has 4 nitrogen and oxygen atoms in total. The molecular weight excluding hydrogens is 206 g/mol. The van der Waals surface area contributed by atoms with Gasteiger partial charge in [0.25, 0.3) is 5.91 Å². The number of aryl methyl sites for hydroxylation is 2. The Hall–Kier alpha value is -2.10. The van der Waals surface area contributed by atoms with Gasteiger partial charge in [-0.25, -0.2) is 0 Å². The maximum Gasteiger partial charge on any atom is 0.284 e. The van der Waals surface area contributed by atoms with E-state index in [2.05, 4.69) is 0 Å². The third kappa shape index (κ3) is 1.58. The maximum absolute atomic E-state index is 11.7. The first-order valence-electron chi connectivity index (χ1n) is 4.84. The van der Waals surface area contributed by atoms with E-state index in [9.17, 15) is 9.59 Å². The average molecular weight is 217 g/mol. The van der Waals surface area contributed by atoms with Crippen LogP contribution in [0.5, 0.6) is 0 Å². The van der Waals surface area contributed by atoms with E-state index in [-0.39, 0.29) is 11.2 Å². The molecule has 1 aromatic heterocycles. The lowest BCUT2D eigenvalue weighted by Crippen LogP contribution is -2.14. The Morgan fingerprint density at radius 1 is 1.25 bits per heavy atom. The zero-order valence-corrected chi connectivity index (χ0v) is 9.03. The van der Waals surface area contributed by atoms with Gasteiger partial charge in [-0.05, 0) is 31.0 Å². The summed E-state index contributed by atoms with van der Waals surface area (Å²) >= 11 is 0. The molecule has 0 aliphatic rings.